The molecule has 36 heavy (non-hydrogen) atoms. The van der Waals surface area contributed by atoms with Crippen LogP contribution < -0.4 is 4.74 Å². The van der Waals surface area contributed by atoms with Crippen molar-refractivity contribution in [1.82, 2.24) is 0 Å². The fourth-order valence-electron chi connectivity index (χ4n) is 5.08. The minimum atomic E-state index is -1.59. The summed E-state index contributed by atoms with van der Waals surface area (Å²) in [5, 5.41) is 10.2. The first kappa shape index (κ1) is 26.2. The summed E-state index contributed by atoms with van der Waals surface area (Å²) < 4.78 is 11.3. The summed E-state index contributed by atoms with van der Waals surface area (Å²) in [7, 11) is 0. The van der Waals surface area contributed by atoms with E-state index in [4.69, 9.17) is 32.7 Å². The van der Waals surface area contributed by atoms with Gasteiger partial charge in [0.2, 0.25) is 6.10 Å². The van der Waals surface area contributed by atoms with Crippen LogP contribution in [0.3, 0.4) is 0 Å². The second kappa shape index (κ2) is 9.91. The number of hydrogen-bond donors (Lipinski definition) is 1. The lowest BCUT2D eigenvalue weighted by Gasteiger charge is -2.32. The normalized spacial score (nSPS) is 19.7. The van der Waals surface area contributed by atoms with Gasteiger partial charge in [-0.15, -0.1) is 0 Å². The Morgan fingerprint density at radius 1 is 1.17 bits per heavy atom. The van der Waals surface area contributed by atoms with E-state index in [-0.39, 0.29) is 33.6 Å². The largest absolute Gasteiger partial charge is 0.478 e. The lowest BCUT2D eigenvalue weighted by Crippen LogP contribution is -2.47. The Bertz CT molecular complexity index is 1250. The zero-order chi connectivity index (χ0) is 26.3. The van der Waals surface area contributed by atoms with Crippen molar-refractivity contribution in [3.8, 4) is 5.75 Å². The molecule has 0 saturated carbocycles. The van der Waals surface area contributed by atoms with E-state index in [1.165, 1.54) is 13.8 Å². The van der Waals surface area contributed by atoms with Gasteiger partial charge in [-0.3, -0.25) is 9.59 Å². The predicted octanol–water partition coefficient (Wildman–Crippen LogP) is 6.29. The molecule has 4 rings (SSSR count). The van der Waals surface area contributed by atoms with Crippen molar-refractivity contribution in [2.75, 3.05) is 0 Å². The van der Waals surface area contributed by atoms with E-state index in [0.29, 0.717) is 19.3 Å². The number of esters is 1. The van der Waals surface area contributed by atoms with Gasteiger partial charge in [-0.25, -0.2) is 4.79 Å². The molecule has 2 aliphatic rings. The monoisotopic (exact) mass is 530 g/mol. The molecule has 8 heteroatoms. The number of halogens is 2. The average molecular weight is 531 g/mol. The van der Waals surface area contributed by atoms with Crippen molar-refractivity contribution in [2.45, 2.75) is 59.2 Å². The van der Waals surface area contributed by atoms with Crippen LogP contribution in [0.2, 0.25) is 10.0 Å². The number of carbonyl (C=O) groups is 3. The number of carboxylic acid groups (broad SMARTS) is 1. The summed E-state index contributed by atoms with van der Waals surface area (Å²) in [4.78, 5) is 37.4. The topological polar surface area (TPSA) is 89.9 Å². The Labute approximate surface area is 220 Å². The number of allylic oxidation sites excluding steroid dienone is 2. The van der Waals surface area contributed by atoms with Crippen LogP contribution in [0.25, 0.3) is 5.57 Å². The molecule has 2 atom stereocenters. The van der Waals surface area contributed by atoms with Gasteiger partial charge in [0.25, 0.3) is 0 Å². The van der Waals surface area contributed by atoms with Gasteiger partial charge in [0, 0.05) is 17.4 Å². The zero-order valence-corrected chi connectivity index (χ0v) is 21.9. The molecule has 0 amide bonds. The van der Waals surface area contributed by atoms with Gasteiger partial charge < -0.3 is 14.6 Å². The summed E-state index contributed by atoms with van der Waals surface area (Å²) in [6, 6.07) is 10.8. The van der Waals surface area contributed by atoms with Crippen LogP contribution in [-0.4, -0.2) is 28.9 Å². The van der Waals surface area contributed by atoms with Crippen LogP contribution in [0.1, 0.15) is 56.7 Å². The molecule has 0 aliphatic heterocycles. The number of aliphatic carboxylic acids is 1. The molecule has 0 fully saturated rings. The molecule has 2 aromatic carbocycles. The standard InChI is InChI=1S/C28H28Cl2O6/c1-4-28-11-10-18(31)13-19(28)21-17(14-28)12-20(22(29)23(21)30)36-24(25(32)33)27(2,3)26(34)35-15-16-8-6-5-7-9-16/h5-9,12-13,24H,4,10-11,14-15H2,1-3H3,(H,32,33). The first-order valence-electron chi connectivity index (χ1n) is 11.9. The van der Waals surface area contributed by atoms with Crippen molar-refractivity contribution in [3.63, 3.8) is 0 Å². The van der Waals surface area contributed by atoms with Crippen LogP contribution in [0.5, 0.6) is 5.75 Å². The molecule has 1 N–H and O–H groups in total. The number of hydrogen-bond acceptors (Lipinski definition) is 5. The van der Waals surface area contributed by atoms with Crippen LogP contribution in [0.4, 0.5) is 0 Å². The third-order valence-corrected chi connectivity index (χ3v) is 8.17. The number of benzene rings is 2. The molecule has 2 aliphatic carbocycles. The number of carbonyl (C=O) groups excluding carboxylic acids is 2. The van der Waals surface area contributed by atoms with Crippen molar-refractivity contribution >= 4 is 46.5 Å². The first-order chi connectivity index (χ1) is 17.0. The zero-order valence-electron chi connectivity index (χ0n) is 20.4. The van der Waals surface area contributed by atoms with Crippen LogP contribution >= 0.6 is 23.2 Å². The number of fused-ring (bicyclic) bond motifs is 3. The molecule has 6 nitrogen and oxygen atoms in total. The van der Waals surface area contributed by atoms with E-state index in [1.54, 1.807) is 12.1 Å². The number of rotatable bonds is 8. The Kier molecular flexibility index (Phi) is 7.22. The molecule has 0 saturated heterocycles. The van der Waals surface area contributed by atoms with Gasteiger partial charge in [-0.1, -0.05) is 60.5 Å². The van der Waals surface area contributed by atoms with Crippen molar-refractivity contribution in [1.29, 1.82) is 0 Å². The van der Waals surface area contributed by atoms with Crippen molar-refractivity contribution in [2.24, 2.45) is 10.8 Å². The van der Waals surface area contributed by atoms with Gasteiger partial charge in [0.1, 0.15) is 22.8 Å². The Balaban J connectivity index is 1.63. The maximum absolute atomic E-state index is 12.9. The SMILES string of the molecule is CCC12CCC(=O)C=C1c1c(cc(OC(C(=O)O)C(C)(C)C(=O)OCc3ccccc3)c(Cl)c1Cl)C2. The number of carboxylic acids is 1. The van der Waals surface area contributed by atoms with Crippen LogP contribution in [0, 0.1) is 10.8 Å². The minimum Gasteiger partial charge on any atom is -0.478 e. The Morgan fingerprint density at radius 3 is 2.50 bits per heavy atom. The second-order valence-corrected chi connectivity index (χ2v) is 10.7. The van der Waals surface area contributed by atoms with E-state index in [2.05, 4.69) is 6.92 Å². The highest BCUT2D eigenvalue weighted by Gasteiger charge is 2.47. The lowest BCUT2D eigenvalue weighted by atomic mass is 9.71. The summed E-state index contributed by atoms with van der Waals surface area (Å²) in [6.45, 7) is 5.00. The fraction of sp³-hybridized carbons (Fsp3) is 0.393. The number of ether oxygens (including phenoxy) is 2. The molecule has 0 spiro atoms. The molecule has 0 radical (unpaired) electrons. The minimum absolute atomic E-state index is 0.00774. The quantitative estimate of drug-likeness (QED) is 0.403. The first-order valence-corrected chi connectivity index (χ1v) is 12.6. The lowest BCUT2D eigenvalue weighted by molar-refractivity contribution is -0.170. The fourth-order valence-corrected chi connectivity index (χ4v) is 5.59. The number of ketones is 1. The van der Waals surface area contributed by atoms with Gasteiger partial charge in [0.15, 0.2) is 5.78 Å². The average Bonchev–Trinajstić information content (AvgIpc) is 3.17. The Morgan fingerprint density at radius 2 is 1.86 bits per heavy atom. The molecule has 190 valence electrons. The Hall–Kier alpha value is -2.83. The van der Waals surface area contributed by atoms with Gasteiger partial charge in [0.05, 0.1) is 5.02 Å². The third kappa shape index (κ3) is 4.64. The maximum atomic E-state index is 12.9. The third-order valence-electron chi connectivity index (χ3n) is 7.32. The van der Waals surface area contributed by atoms with E-state index >= 15 is 0 Å². The van der Waals surface area contributed by atoms with Crippen LogP contribution in [-0.2, 0) is 32.1 Å². The molecule has 2 aromatic rings. The molecule has 0 bridgehead atoms. The molecular formula is C28H28Cl2O6. The summed E-state index contributed by atoms with van der Waals surface area (Å²) >= 11 is 13.3. The highest BCUT2D eigenvalue weighted by Crippen LogP contribution is 2.57. The van der Waals surface area contributed by atoms with E-state index in [9.17, 15) is 19.5 Å². The van der Waals surface area contributed by atoms with E-state index < -0.39 is 23.5 Å². The molecule has 0 heterocycles. The maximum Gasteiger partial charge on any atom is 0.346 e. The van der Waals surface area contributed by atoms with E-state index in [0.717, 1.165) is 28.7 Å². The summed E-state index contributed by atoms with van der Waals surface area (Å²) in [5.41, 5.74) is 1.47. The van der Waals surface area contributed by atoms with Crippen molar-refractivity contribution in [3.05, 3.63) is 69.2 Å². The van der Waals surface area contributed by atoms with Gasteiger partial charge in [-0.2, -0.15) is 0 Å². The predicted molar refractivity (Wildman–Crippen MR) is 137 cm³/mol. The van der Waals surface area contributed by atoms with Gasteiger partial charge in [-0.05, 0) is 62.0 Å². The van der Waals surface area contributed by atoms with Gasteiger partial charge >= 0.3 is 11.9 Å². The van der Waals surface area contributed by atoms with E-state index in [1.807, 2.05) is 30.3 Å². The molecular weight excluding hydrogens is 503 g/mol. The summed E-state index contributed by atoms with van der Waals surface area (Å²) in [6.07, 6.45) is 2.73. The van der Waals surface area contributed by atoms with Crippen molar-refractivity contribution < 1.29 is 29.0 Å². The highest BCUT2D eigenvalue weighted by atomic mass is 35.5. The smallest absolute Gasteiger partial charge is 0.346 e. The summed E-state index contributed by atoms with van der Waals surface area (Å²) in [5.74, 6) is -1.93. The van der Waals surface area contributed by atoms with Crippen LogP contribution in [0.15, 0.2) is 42.5 Å². The second-order valence-electron chi connectivity index (χ2n) is 9.99. The molecule has 0 aromatic heterocycles. The molecule has 2 unspecified atom stereocenters. The highest BCUT2D eigenvalue weighted by molar-refractivity contribution is 6.44.